The van der Waals surface area contributed by atoms with Crippen LogP contribution in [0.4, 0.5) is 10.5 Å². The standard InChI is InChI=1S/C18H25N3O4/c1-24-15-8-7-14(11-16(15)25-2)21-10-9-20(18(21)23)12-17(22)19-13-5-3-4-6-13/h7-8,11,13H,3-6,9-10,12H2,1-2H3,(H,19,22). The fraction of sp³-hybridized carbons (Fsp3) is 0.556. The van der Waals surface area contributed by atoms with Crippen LogP contribution in [0.5, 0.6) is 11.5 Å². The number of anilines is 1. The maximum Gasteiger partial charge on any atom is 0.325 e. The number of carbonyl (C=O) groups excluding carboxylic acids is 2. The Morgan fingerprint density at radius 3 is 2.56 bits per heavy atom. The first-order chi connectivity index (χ1) is 12.1. The minimum atomic E-state index is -0.159. The van der Waals surface area contributed by atoms with Crippen LogP contribution in [0.15, 0.2) is 18.2 Å². The van der Waals surface area contributed by atoms with Crippen molar-refractivity contribution in [1.82, 2.24) is 10.2 Å². The predicted octanol–water partition coefficient (Wildman–Crippen LogP) is 2.00. The number of carbonyl (C=O) groups is 2. The van der Waals surface area contributed by atoms with E-state index in [1.165, 1.54) is 12.8 Å². The molecule has 0 spiro atoms. The van der Waals surface area contributed by atoms with Gasteiger partial charge in [-0.15, -0.1) is 0 Å². The average molecular weight is 347 g/mol. The zero-order valence-electron chi connectivity index (χ0n) is 14.8. The van der Waals surface area contributed by atoms with Crippen molar-refractivity contribution in [2.24, 2.45) is 0 Å². The van der Waals surface area contributed by atoms with Crippen LogP contribution in [-0.4, -0.2) is 56.7 Å². The number of rotatable bonds is 6. The summed E-state index contributed by atoms with van der Waals surface area (Å²) < 4.78 is 10.5. The van der Waals surface area contributed by atoms with E-state index in [9.17, 15) is 9.59 Å². The van der Waals surface area contributed by atoms with Crippen molar-refractivity contribution in [2.45, 2.75) is 31.7 Å². The molecule has 2 fully saturated rings. The summed E-state index contributed by atoms with van der Waals surface area (Å²) in [5.74, 6) is 1.12. The number of urea groups is 1. The molecule has 1 aliphatic carbocycles. The van der Waals surface area contributed by atoms with E-state index in [1.807, 2.05) is 6.07 Å². The summed E-state index contributed by atoms with van der Waals surface area (Å²) in [5.41, 5.74) is 0.737. The molecule has 136 valence electrons. The van der Waals surface area contributed by atoms with Crippen molar-refractivity contribution in [1.29, 1.82) is 0 Å². The maximum absolute atomic E-state index is 12.6. The smallest absolute Gasteiger partial charge is 0.325 e. The van der Waals surface area contributed by atoms with Gasteiger partial charge < -0.3 is 19.7 Å². The van der Waals surface area contributed by atoms with E-state index in [0.717, 1.165) is 18.5 Å². The lowest BCUT2D eigenvalue weighted by Crippen LogP contribution is -2.42. The van der Waals surface area contributed by atoms with Crippen LogP contribution in [0.3, 0.4) is 0 Å². The van der Waals surface area contributed by atoms with Crippen molar-refractivity contribution in [2.75, 3.05) is 38.8 Å². The molecule has 1 saturated heterocycles. The van der Waals surface area contributed by atoms with Gasteiger partial charge in [-0.25, -0.2) is 4.79 Å². The van der Waals surface area contributed by atoms with Crippen molar-refractivity contribution in [3.63, 3.8) is 0 Å². The van der Waals surface area contributed by atoms with Crippen LogP contribution in [0.1, 0.15) is 25.7 Å². The Labute approximate surface area is 147 Å². The molecule has 3 amide bonds. The third-order valence-electron chi connectivity index (χ3n) is 4.83. The van der Waals surface area contributed by atoms with Gasteiger partial charge in [0.25, 0.3) is 0 Å². The van der Waals surface area contributed by atoms with Crippen LogP contribution >= 0.6 is 0 Å². The molecule has 3 rings (SSSR count). The number of benzene rings is 1. The largest absolute Gasteiger partial charge is 0.493 e. The molecule has 0 unspecified atom stereocenters. The molecule has 0 radical (unpaired) electrons. The molecule has 1 saturated carbocycles. The van der Waals surface area contributed by atoms with Gasteiger partial charge in [0, 0.05) is 30.9 Å². The van der Waals surface area contributed by atoms with Gasteiger partial charge in [-0.2, -0.15) is 0 Å². The molecule has 0 bridgehead atoms. The second-order valence-corrected chi connectivity index (χ2v) is 6.44. The zero-order chi connectivity index (χ0) is 17.8. The number of hydrogen-bond acceptors (Lipinski definition) is 4. The topological polar surface area (TPSA) is 71.1 Å². The maximum atomic E-state index is 12.6. The van der Waals surface area contributed by atoms with Crippen molar-refractivity contribution in [3.8, 4) is 11.5 Å². The van der Waals surface area contributed by atoms with E-state index in [4.69, 9.17) is 9.47 Å². The van der Waals surface area contributed by atoms with E-state index in [-0.39, 0.29) is 24.5 Å². The summed E-state index contributed by atoms with van der Waals surface area (Å²) >= 11 is 0. The fourth-order valence-corrected chi connectivity index (χ4v) is 3.48. The van der Waals surface area contributed by atoms with Crippen LogP contribution < -0.4 is 19.7 Å². The second kappa shape index (κ2) is 7.63. The first kappa shape index (κ1) is 17.4. The molecular formula is C18H25N3O4. The summed E-state index contributed by atoms with van der Waals surface area (Å²) in [6.45, 7) is 1.19. The second-order valence-electron chi connectivity index (χ2n) is 6.44. The predicted molar refractivity (Wildman–Crippen MR) is 94.3 cm³/mol. The van der Waals surface area contributed by atoms with Crippen molar-refractivity contribution < 1.29 is 19.1 Å². The van der Waals surface area contributed by atoms with Gasteiger partial charge in [-0.05, 0) is 25.0 Å². The fourth-order valence-electron chi connectivity index (χ4n) is 3.48. The van der Waals surface area contributed by atoms with E-state index in [2.05, 4.69) is 5.32 Å². The Hall–Kier alpha value is -2.44. The average Bonchev–Trinajstić information content (AvgIpc) is 3.25. The third kappa shape index (κ3) is 3.81. The highest BCUT2D eigenvalue weighted by atomic mass is 16.5. The van der Waals surface area contributed by atoms with Gasteiger partial charge in [-0.1, -0.05) is 12.8 Å². The quantitative estimate of drug-likeness (QED) is 0.854. The highest BCUT2D eigenvalue weighted by Gasteiger charge is 2.31. The molecule has 1 aromatic rings. The Balaban J connectivity index is 1.62. The van der Waals surface area contributed by atoms with E-state index < -0.39 is 0 Å². The monoisotopic (exact) mass is 347 g/mol. The van der Waals surface area contributed by atoms with Gasteiger partial charge in [0.2, 0.25) is 5.91 Å². The molecule has 0 aromatic heterocycles. The number of ether oxygens (including phenoxy) is 2. The SMILES string of the molecule is COc1ccc(N2CCN(CC(=O)NC3CCCC3)C2=O)cc1OC. The lowest BCUT2D eigenvalue weighted by Gasteiger charge is -2.20. The number of nitrogens with one attached hydrogen (secondary N) is 1. The highest BCUT2D eigenvalue weighted by Crippen LogP contribution is 2.32. The molecule has 2 aliphatic rings. The summed E-state index contributed by atoms with van der Waals surface area (Å²) in [7, 11) is 3.14. The Kier molecular flexibility index (Phi) is 5.31. The number of nitrogens with zero attached hydrogens (tertiary/aromatic N) is 2. The molecule has 1 aromatic carbocycles. The molecule has 0 atom stereocenters. The van der Waals surface area contributed by atoms with E-state index in [1.54, 1.807) is 36.2 Å². The van der Waals surface area contributed by atoms with E-state index in [0.29, 0.717) is 24.6 Å². The van der Waals surface area contributed by atoms with Gasteiger partial charge >= 0.3 is 6.03 Å². The van der Waals surface area contributed by atoms with Gasteiger partial charge in [0.15, 0.2) is 11.5 Å². The van der Waals surface area contributed by atoms with Gasteiger partial charge in [0.1, 0.15) is 6.54 Å². The molecule has 1 heterocycles. The Bertz CT molecular complexity index is 643. The van der Waals surface area contributed by atoms with Gasteiger partial charge in [-0.3, -0.25) is 9.69 Å². The van der Waals surface area contributed by atoms with Gasteiger partial charge in [0.05, 0.1) is 14.2 Å². The summed E-state index contributed by atoms with van der Waals surface area (Å²) in [6.07, 6.45) is 4.41. The minimum Gasteiger partial charge on any atom is -0.493 e. The summed E-state index contributed by atoms with van der Waals surface area (Å²) in [6, 6.07) is 5.48. The molecular weight excluding hydrogens is 322 g/mol. The molecule has 25 heavy (non-hydrogen) atoms. The Morgan fingerprint density at radius 1 is 1.16 bits per heavy atom. The van der Waals surface area contributed by atoms with Crippen LogP contribution in [-0.2, 0) is 4.79 Å². The summed E-state index contributed by atoms with van der Waals surface area (Å²) in [4.78, 5) is 28.0. The first-order valence-corrected chi connectivity index (χ1v) is 8.70. The van der Waals surface area contributed by atoms with Crippen molar-refractivity contribution in [3.05, 3.63) is 18.2 Å². The van der Waals surface area contributed by atoms with Crippen LogP contribution in [0.2, 0.25) is 0 Å². The molecule has 1 N–H and O–H groups in total. The molecule has 1 aliphatic heterocycles. The Morgan fingerprint density at radius 2 is 1.88 bits per heavy atom. The minimum absolute atomic E-state index is 0.0746. The van der Waals surface area contributed by atoms with E-state index >= 15 is 0 Å². The summed E-state index contributed by atoms with van der Waals surface area (Å²) in [5, 5.41) is 3.03. The van der Waals surface area contributed by atoms with Crippen molar-refractivity contribution >= 4 is 17.6 Å². The lowest BCUT2D eigenvalue weighted by atomic mass is 10.2. The van der Waals surface area contributed by atoms with Crippen LogP contribution in [0, 0.1) is 0 Å². The van der Waals surface area contributed by atoms with Crippen LogP contribution in [0.25, 0.3) is 0 Å². The third-order valence-corrected chi connectivity index (χ3v) is 4.83. The highest BCUT2D eigenvalue weighted by molar-refractivity contribution is 5.96. The normalized spacial score (nSPS) is 17.9. The number of methoxy groups -OCH3 is 2. The number of hydrogen-bond donors (Lipinski definition) is 1. The first-order valence-electron chi connectivity index (χ1n) is 8.70. The lowest BCUT2D eigenvalue weighted by molar-refractivity contribution is -0.122. The molecule has 7 nitrogen and oxygen atoms in total. The number of amides is 3. The molecule has 7 heteroatoms. The zero-order valence-corrected chi connectivity index (χ0v) is 14.8.